The van der Waals surface area contributed by atoms with Gasteiger partial charge in [-0.3, -0.25) is 4.79 Å². The van der Waals surface area contributed by atoms with Crippen LogP contribution in [0.2, 0.25) is 0 Å². The van der Waals surface area contributed by atoms with Gasteiger partial charge in [0, 0.05) is 12.3 Å². The SMILES string of the molecule is C.C.CC1CCC[C@@]2(C)[C@H]1CC[C@H]2[C@H](C)/C=C/[C@@H](O)C1CC1.C[C@H](/C=C/[C@@H](O)C1CC1)[C@@H]1CC[C@H]2C(=O)CCC[C@@]21C. The second-order valence-corrected chi connectivity index (χ2v) is 15.9. The Morgan fingerprint density at radius 1 is 0.690 bits per heavy atom. The van der Waals surface area contributed by atoms with Gasteiger partial charge in [0.1, 0.15) is 5.78 Å². The van der Waals surface area contributed by atoms with E-state index in [-0.39, 0.29) is 32.5 Å². The first kappa shape index (κ1) is 35.5. The topological polar surface area (TPSA) is 57.5 Å². The largest absolute Gasteiger partial charge is 0.389 e. The zero-order valence-corrected chi connectivity index (χ0v) is 26.4. The number of fused-ring (bicyclic) bond motifs is 2. The van der Waals surface area contributed by atoms with Crippen LogP contribution in [0.25, 0.3) is 0 Å². The van der Waals surface area contributed by atoms with Crippen LogP contribution in [0.1, 0.15) is 139 Å². The molecular weight excluding hydrogens is 516 g/mol. The molecule has 0 heterocycles. The number of rotatable bonds is 8. The molecule has 3 heteroatoms. The third kappa shape index (κ3) is 7.47. The van der Waals surface area contributed by atoms with Crippen molar-refractivity contribution in [3.05, 3.63) is 24.3 Å². The Morgan fingerprint density at radius 3 is 1.74 bits per heavy atom. The molecule has 0 aliphatic heterocycles. The summed E-state index contributed by atoms with van der Waals surface area (Å²) in [4.78, 5) is 12.2. The molecule has 6 rings (SSSR count). The molecule has 6 saturated carbocycles. The Kier molecular flexibility index (Phi) is 12.2. The van der Waals surface area contributed by atoms with E-state index < -0.39 is 0 Å². The average Bonchev–Trinajstić information content (AvgIpc) is 3.85. The molecule has 6 aliphatic carbocycles. The summed E-state index contributed by atoms with van der Waals surface area (Å²) in [6.45, 7) is 12.0. The second-order valence-electron chi connectivity index (χ2n) is 15.9. The van der Waals surface area contributed by atoms with Gasteiger partial charge >= 0.3 is 0 Å². The zero-order chi connectivity index (χ0) is 28.7. The summed E-state index contributed by atoms with van der Waals surface area (Å²) in [6.07, 6.45) is 25.5. The van der Waals surface area contributed by atoms with Crippen LogP contribution in [0.3, 0.4) is 0 Å². The van der Waals surface area contributed by atoms with Crippen LogP contribution in [0.5, 0.6) is 0 Å². The number of carbonyl (C=O) groups excluding carboxylic acids is 1. The molecule has 0 aromatic rings. The summed E-state index contributed by atoms with van der Waals surface area (Å²) in [6, 6.07) is 0. The molecule has 2 N–H and O–H groups in total. The fourth-order valence-electron chi connectivity index (χ4n) is 10.3. The molecular formula is C39H68O3. The van der Waals surface area contributed by atoms with Crippen LogP contribution < -0.4 is 0 Å². The molecule has 42 heavy (non-hydrogen) atoms. The molecule has 242 valence electrons. The van der Waals surface area contributed by atoms with Crippen molar-refractivity contribution in [1.29, 1.82) is 0 Å². The minimum Gasteiger partial charge on any atom is -0.389 e. The number of aliphatic hydroxyl groups is 2. The zero-order valence-electron chi connectivity index (χ0n) is 26.4. The van der Waals surface area contributed by atoms with Crippen LogP contribution >= 0.6 is 0 Å². The minimum absolute atomic E-state index is 0. The van der Waals surface area contributed by atoms with Crippen molar-refractivity contribution in [2.45, 2.75) is 152 Å². The van der Waals surface area contributed by atoms with Crippen LogP contribution in [-0.4, -0.2) is 28.2 Å². The molecule has 0 radical (unpaired) electrons. The van der Waals surface area contributed by atoms with Gasteiger partial charge in [0.05, 0.1) is 12.2 Å². The van der Waals surface area contributed by atoms with Gasteiger partial charge in [-0.1, -0.05) is 86.6 Å². The lowest BCUT2D eigenvalue weighted by molar-refractivity contribution is -0.129. The molecule has 6 fully saturated rings. The van der Waals surface area contributed by atoms with Gasteiger partial charge in [-0.25, -0.2) is 0 Å². The first-order valence-electron chi connectivity index (χ1n) is 17.3. The third-order valence-corrected chi connectivity index (χ3v) is 13.2. The first-order valence-corrected chi connectivity index (χ1v) is 17.3. The van der Waals surface area contributed by atoms with E-state index in [0.29, 0.717) is 46.7 Å². The lowest BCUT2D eigenvalue weighted by Gasteiger charge is -2.45. The van der Waals surface area contributed by atoms with Gasteiger partial charge in [-0.2, -0.15) is 0 Å². The highest BCUT2D eigenvalue weighted by Crippen LogP contribution is 2.60. The molecule has 1 unspecified atom stereocenters. The van der Waals surface area contributed by atoms with Crippen LogP contribution in [-0.2, 0) is 4.79 Å². The smallest absolute Gasteiger partial charge is 0.136 e. The van der Waals surface area contributed by atoms with Crippen molar-refractivity contribution in [2.75, 3.05) is 0 Å². The van der Waals surface area contributed by atoms with Crippen LogP contribution in [0.4, 0.5) is 0 Å². The molecule has 3 nitrogen and oxygen atoms in total. The van der Waals surface area contributed by atoms with E-state index in [4.69, 9.17) is 0 Å². The number of hydrogen-bond acceptors (Lipinski definition) is 3. The van der Waals surface area contributed by atoms with Crippen molar-refractivity contribution >= 4 is 5.78 Å². The summed E-state index contributed by atoms with van der Waals surface area (Å²) >= 11 is 0. The van der Waals surface area contributed by atoms with Crippen molar-refractivity contribution in [3.8, 4) is 0 Å². The maximum Gasteiger partial charge on any atom is 0.136 e. The van der Waals surface area contributed by atoms with Gasteiger partial charge in [0.2, 0.25) is 0 Å². The molecule has 11 atom stereocenters. The summed E-state index contributed by atoms with van der Waals surface area (Å²) in [5, 5.41) is 20.0. The van der Waals surface area contributed by atoms with E-state index in [1.165, 1.54) is 70.6 Å². The minimum atomic E-state index is -0.240. The number of aliphatic hydroxyl groups excluding tert-OH is 2. The normalized spacial score (nSPS) is 40.6. The van der Waals surface area contributed by atoms with Gasteiger partial charge in [-0.15, -0.1) is 0 Å². The maximum atomic E-state index is 12.2. The summed E-state index contributed by atoms with van der Waals surface area (Å²) in [7, 11) is 0. The van der Waals surface area contributed by atoms with Crippen molar-refractivity contribution in [2.24, 2.45) is 64.1 Å². The Hall–Kier alpha value is -0.930. The fraction of sp³-hybridized carbons (Fsp3) is 0.872. The monoisotopic (exact) mass is 585 g/mol. The number of ketones is 1. The molecule has 0 aromatic carbocycles. The molecule has 0 saturated heterocycles. The summed E-state index contributed by atoms with van der Waals surface area (Å²) in [5.74, 6) is 6.32. The average molecular weight is 585 g/mol. The van der Waals surface area contributed by atoms with Crippen molar-refractivity contribution < 1.29 is 15.0 Å². The highest BCUT2D eigenvalue weighted by molar-refractivity contribution is 5.83. The Labute approximate surface area is 260 Å². The number of allylic oxidation sites excluding steroid dienone is 2. The third-order valence-electron chi connectivity index (χ3n) is 13.2. The first-order chi connectivity index (χ1) is 19.0. The Balaban J connectivity index is 0.000000220. The molecule has 0 aromatic heterocycles. The highest BCUT2D eigenvalue weighted by Gasteiger charge is 2.52. The number of hydrogen-bond donors (Lipinski definition) is 2. The van der Waals surface area contributed by atoms with Gasteiger partial charge in [-0.05, 0) is 129 Å². The second kappa shape index (κ2) is 14.4. The standard InChI is InChI=1S/C19H32O.C18H28O2.2CH4/c1-13-5-4-12-19(3)16(13)9-10-17(19)14(2)6-11-18(20)15-7-8-15;1-12(5-10-16(19)13-6-7-13)14-8-9-15-17(20)4-3-11-18(14,15)2;;/h6,11,13-18,20H,4-5,7-10,12H2,1-3H3;5,10,12-16,19H,3-4,6-9,11H2,1-2H3;2*1H4/b11-6+;10-5+;;/t13?,14-,16+,17+,18-,19+;12-,14+,15+,16-,18-;;/m11../s1. The maximum absolute atomic E-state index is 12.2. The van der Waals surface area contributed by atoms with E-state index in [9.17, 15) is 15.0 Å². The summed E-state index contributed by atoms with van der Waals surface area (Å²) < 4.78 is 0. The van der Waals surface area contributed by atoms with E-state index in [1.807, 2.05) is 6.08 Å². The van der Waals surface area contributed by atoms with E-state index in [1.54, 1.807) is 0 Å². The highest BCUT2D eigenvalue weighted by atomic mass is 16.3. The van der Waals surface area contributed by atoms with Crippen LogP contribution in [0, 0.1) is 64.1 Å². The molecule has 0 amide bonds. The summed E-state index contributed by atoms with van der Waals surface area (Å²) in [5.41, 5.74) is 0.773. The fourth-order valence-corrected chi connectivity index (χ4v) is 10.3. The van der Waals surface area contributed by atoms with E-state index >= 15 is 0 Å². The van der Waals surface area contributed by atoms with E-state index in [2.05, 4.69) is 52.8 Å². The predicted molar refractivity (Wildman–Crippen MR) is 178 cm³/mol. The number of carbonyl (C=O) groups is 1. The lowest BCUT2D eigenvalue weighted by atomic mass is 9.60. The Morgan fingerprint density at radius 2 is 1.19 bits per heavy atom. The molecule has 6 aliphatic rings. The van der Waals surface area contributed by atoms with Crippen molar-refractivity contribution in [3.63, 3.8) is 0 Å². The predicted octanol–water partition coefficient (Wildman–Crippen LogP) is 9.81. The Bertz CT molecular complexity index is 930. The van der Waals surface area contributed by atoms with Gasteiger partial charge < -0.3 is 10.2 Å². The number of Topliss-reactive ketones (excluding diaryl/α,β-unsaturated/α-hetero) is 1. The lowest BCUT2D eigenvalue weighted by Crippen LogP contribution is -2.39. The van der Waals surface area contributed by atoms with Gasteiger partial charge in [0.15, 0.2) is 0 Å². The van der Waals surface area contributed by atoms with Gasteiger partial charge in [0.25, 0.3) is 0 Å². The quantitative estimate of drug-likeness (QED) is 0.279. The van der Waals surface area contributed by atoms with Crippen LogP contribution in [0.15, 0.2) is 24.3 Å². The molecule has 0 bridgehead atoms. The van der Waals surface area contributed by atoms with Crippen molar-refractivity contribution in [1.82, 2.24) is 0 Å². The van der Waals surface area contributed by atoms with E-state index in [0.717, 1.165) is 37.0 Å². The molecule has 0 spiro atoms.